The Morgan fingerprint density at radius 3 is 3.09 bits per heavy atom. The van der Waals surface area contributed by atoms with Gasteiger partial charge in [0.25, 0.3) is 0 Å². The molecule has 11 heavy (non-hydrogen) atoms. The highest BCUT2D eigenvalue weighted by Gasteiger charge is 2.15. The Morgan fingerprint density at radius 2 is 2.55 bits per heavy atom. The van der Waals surface area contributed by atoms with Crippen LogP contribution >= 0.6 is 0 Å². The lowest BCUT2D eigenvalue weighted by atomic mass is 10.4. The van der Waals surface area contributed by atoms with Crippen LogP contribution in [0, 0.1) is 0 Å². The van der Waals surface area contributed by atoms with Crippen molar-refractivity contribution >= 4 is 5.97 Å². The SMILES string of the molecule is COCOC[C@@H]1C=CC(=O)O1. The summed E-state index contributed by atoms with van der Waals surface area (Å²) in [7, 11) is 1.54. The third-order valence-corrected chi connectivity index (χ3v) is 1.20. The predicted octanol–water partition coefficient (Wildman–Crippen LogP) is 0.0885. The molecule has 0 saturated carbocycles. The van der Waals surface area contributed by atoms with Gasteiger partial charge < -0.3 is 14.2 Å². The summed E-state index contributed by atoms with van der Waals surface area (Å²) in [6, 6.07) is 0. The molecular weight excluding hydrogens is 148 g/mol. The van der Waals surface area contributed by atoms with Gasteiger partial charge in [-0.3, -0.25) is 0 Å². The number of carbonyl (C=O) groups excluding carboxylic acids is 1. The van der Waals surface area contributed by atoms with Crippen LogP contribution in [0.3, 0.4) is 0 Å². The van der Waals surface area contributed by atoms with Crippen molar-refractivity contribution in [2.75, 3.05) is 20.5 Å². The van der Waals surface area contributed by atoms with E-state index >= 15 is 0 Å². The molecule has 0 fully saturated rings. The van der Waals surface area contributed by atoms with Crippen molar-refractivity contribution in [1.82, 2.24) is 0 Å². The molecule has 0 aromatic heterocycles. The normalized spacial score (nSPS) is 22.3. The molecule has 4 nitrogen and oxygen atoms in total. The van der Waals surface area contributed by atoms with Crippen LogP contribution in [0.2, 0.25) is 0 Å². The lowest BCUT2D eigenvalue weighted by molar-refractivity contribution is -0.142. The third kappa shape index (κ3) is 2.69. The van der Waals surface area contributed by atoms with Gasteiger partial charge in [0, 0.05) is 13.2 Å². The summed E-state index contributed by atoms with van der Waals surface area (Å²) in [6.45, 7) is 0.581. The van der Waals surface area contributed by atoms with E-state index in [0.717, 1.165) is 0 Å². The van der Waals surface area contributed by atoms with Gasteiger partial charge in [0.15, 0.2) is 0 Å². The van der Waals surface area contributed by atoms with Crippen molar-refractivity contribution in [3.05, 3.63) is 12.2 Å². The van der Waals surface area contributed by atoms with Crippen molar-refractivity contribution in [1.29, 1.82) is 0 Å². The smallest absolute Gasteiger partial charge is 0.331 e. The van der Waals surface area contributed by atoms with Gasteiger partial charge in [-0.15, -0.1) is 0 Å². The van der Waals surface area contributed by atoms with Crippen LogP contribution in [0.5, 0.6) is 0 Å². The lowest BCUT2D eigenvalue weighted by Gasteiger charge is -2.07. The number of hydrogen-bond acceptors (Lipinski definition) is 4. The second-order valence-corrected chi connectivity index (χ2v) is 2.11. The molecule has 0 radical (unpaired) electrons. The van der Waals surface area contributed by atoms with E-state index in [1.54, 1.807) is 6.08 Å². The molecule has 1 atom stereocenters. The maximum Gasteiger partial charge on any atom is 0.331 e. The van der Waals surface area contributed by atoms with Gasteiger partial charge in [0.2, 0.25) is 0 Å². The number of esters is 1. The molecule has 0 N–H and O–H groups in total. The van der Waals surface area contributed by atoms with E-state index < -0.39 is 0 Å². The zero-order chi connectivity index (χ0) is 8.10. The summed E-state index contributed by atoms with van der Waals surface area (Å²) in [5, 5.41) is 0. The Bertz CT molecular complexity index is 164. The Labute approximate surface area is 64.7 Å². The minimum Gasteiger partial charge on any atom is -0.452 e. The van der Waals surface area contributed by atoms with Gasteiger partial charge >= 0.3 is 5.97 Å². The highest BCUT2D eigenvalue weighted by atomic mass is 16.7. The summed E-state index contributed by atoms with van der Waals surface area (Å²) in [5.74, 6) is -0.309. The molecule has 0 amide bonds. The number of cyclic esters (lactones) is 1. The molecule has 4 heteroatoms. The van der Waals surface area contributed by atoms with Crippen molar-refractivity contribution in [3.63, 3.8) is 0 Å². The Morgan fingerprint density at radius 1 is 1.73 bits per heavy atom. The first-order chi connectivity index (χ1) is 5.33. The van der Waals surface area contributed by atoms with E-state index in [9.17, 15) is 4.79 Å². The first-order valence-electron chi connectivity index (χ1n) is 3.28. The van der Waals surface area contributed by atoms with Gasteiger partial charge in [-0.1, -0.05) is 0 Å². The molecule has 0 bridgehead atoms. The minimum atomic E-state index is -0.309. The zero-order valence-electron chi connectivity index (χ0n) is 6.28. The molecule has 0 aromatic rings. The van der Waals surface area contributed by atoms with Gasteiger partial charge in [-0.05, 0) is 6.08 Å². The lowest BCUT2D eigenvalue weighted by Crippen LogP contribution is -2.16. The zero-order valence-corrected chi connectivity index (χ0v) is 6.28. The van der Waals surface area contributed by atoms with Gasteiger partial charge in [0.05, 0.1) is 6.61 Å². The maximum absolute atomic E-state index is 10.5. The Kier molecular flexibility index (Phi) is 3.07. The third-order valence-electron chi connectivity index (χ3n) is 1.20. The average molecular weight is 158 g/mol. The summed E-state index contributed by atoms with van der Waals surface area (Å²) in [6.07, 6.45) is 2.82. The molecule has 0 aliphatic carbocycles. The van der Waals surface area contributed by atoms with Crippen LogP contribution in [0.15, 0.2) is 12.2 Å². The second kappa shape index (κ2) is 4.10. The van der Waals surface area contributed by atoms with Gasteiger partial charge in [0.1, 0.15) is 12.9 Å². The van der Waals surface area contributed by atoms with Crippen LogP contribution < -0.4 is 0 Å². The minimum absolute atomic E-state index is 0.224. The molecule has 1 aliphatic heterocycles. The van der Waals surface area contributed by atoms with Crippen LogP contribution in [-0.4, -0.2) is 32.6 Å². The number of hydrogen-bond donors (Lipinski definition) is 0. The summed E-state index contributed by atoms with van der Waals surface area (Å²) in [4.78, 5) is 10.5. The number of carbonyl (C=O) groups is 1. The Hall–Kier alpha value is -0.870. The first-order valence-corrected chi connectivity index (χ1v) is 3.28. The van der Waals surface area contributed by atoms with E-state index in [0.29, 0.717) is 6.61 Å². The molecule has 1 aliphatic rings. The topological polar surface area (TPSA) is 44.8 Å². The van der Waals surface area contributed by atoms with Crippen molar-refractivity contribution in [2.45, 2.75) is 6.10 Å². The molecular formula is C7H10O4. The van der Waals surface area contributed by atoms with E-state index in [2.05, 4.69) is 4.74 Å². The number of methoxy groups -OCH3 is 1. The maximum atomic E-state index is 10.5. The fourth-order valence-corrected chi connectivity index (χ4v) is 0.751. The van der Waals surface area contributed by atoms with Crippen LogP contribution in [0.25, 0.3) is 0 Å². The monoisotopic (exact) mass is 158 g/mol. The fourth-order valence-electron chi connectivity index (χ4n) is 0.751. The standard InChI is InChI=1S/C7H10O4/c1-9-5-10-4-6-2-3-7(8)11-6/h2-3,6H,4-5H2,1H3/t6-/m0/s1. The quantitative estimate of drug-likeness (QED) is 0.330. The highest BCUT2D eigenvalue weighted by molar-refractivity contribution is 5.84. The van der Waals surface area contributed by atoms with E-state index in [1.165, 1.54) is 13.2 Å². The van der Waals surface area contributed by atoms with E-state index in [-0.39, 0.29) is 18.9 Å². The van der Waals surface area contributed by atoms with Crippen LogP contribution in [0.1, 0.15) is 0 Å². The average Bonchev–Trinajstić information content (AvgIpc) is 2.37. The molecule has 0 spiro atoms. The summed E-state index contributed by atoms with van der Waals surface area (Å²) < 4.78 is 14.4. The summed E-state index contributed by atoms with van der Waals surface area (Å²) in [5.41, 5.74) is 0. The van der Waals surface area contributed by atoms with Crippen LogP contribution in [-0.2, 0) is 19.0 Å². The fraction of sp³-hybridized carbons (Fsp3) is 0.571. The molecule has 62 valence electrons. The molecule has 0 saturated heterocycles. The molecule has 0 aromatic carbocycles. The number of rotatable bonds is 4. The predicted molar refractivity (Wildman–Crippen MR) is 36.8 cm³/mol. The van der Waals surface area contributed by atoms with Crippen molar-refractivity contribution < 1.29 is 19.0 Å². The first kappa shape index (κ1) is 8.23. The van der Waals surface area contributed by atoms with Gasteiger partial charge in [-0.25, -0.2) is 4.79 Å². The summed E-state index contributed by atoms with van der Waals surface area (Å²) >= 11 is 0. The molecule has 0 unspecified atom stereocenters. The van der Waals surface area contributed by atoms with Crippen molar-refractivity contribution in [3.8, 4) is 0 Å². The van der Waals surface area contributed by atoms with E-state index in [1.807, 2.05) is 0 Å². The second-order valence-electron chi connectivity index (χ2n) is 2.11. The van der Waals surface area contributed by atoms with E-state index in [4.69, 9.17) is 9.47 Å². The Balaban J connectivity index is 2.09. The molecule has 1 heterocycles. The van der Waals surface area contributed by atoms with Crippen LogP contribution in [0.4, 0.5) is 0 Å². The highest BCUT2D eigenvalue weighted by Crippen LogP contribution is 2.04. The van der Waals surface area contributed by atoms with Gasteiger partial charge in [-0.2, -0.15) is 0 Å². The largest absolute Gasteiger partial charge is 0.452 e. The molecule has 1 rings (SSSR count). The number of ether oxygens (including phenoxy) is 3. The van der Waals surface area contributed by atoms with Crippen molar-refractivity contribution in [2.24, 2.45) is 0 Å².